The lowest BCUT2D eigenvalue weighted by molar-refractivity contribution is 0.282. The molecule has 7 aromatic carbocycles. The molecule has 15 rings (SSSR count). The summed E-state index contributed by atoms with van der Waals surface area (Å²) < 4.78 is 14.8. The Morgan fingerprint density at radius 3 is 1.46 bits per heavy atom. The lowest BCUT2D eigenvalue weighted by atomic mass is 9.35. The summed E-state index contributed by atoms with van der Waals surface area (Å²) in [6.07, 6.45) is 9.00. The smallest absolute Gasteiger partial charge is 0.297 e. The van der Waals surface area contributed by atoms with Gasteiger partial charge in [-0.15, -0.1) is 0 Å². The molecule has 4 aliphatic carbocycles. The van der Waals surface area contributed by atoms with Crippen LogP contribution in [0.3, 0.4) is 0 Å². The third-order valence-corrected chi connectivity index (χ3v) is 22.6. The molecular weight excluding hydrogens is 1020 g/mol. The number of nitrogens with zero attached hydrogens (tertiary/aromatic N) is 3. The molecule has 0 saturated carbocycles. The van der Waals surface area contributed by atoms with E-state index in [4.69, 9.17) is 8.83 Å². The summed E-state index contributed by atoms with van der Waals surface area (Å²) in [5, 5.41) is 2.25. The summed E-state index contributed by atoms with van der Waals surface area (Å²) in [6, 6.07) is 52.0. The van der Waals surface area contributed by atoms with Crippen LogP contribution in [0.2, 0.25) is 0 Å². The number of rotatable bonds is 5. The van der Waals surface area contributed by atoms with Crippen LogP contribution < -0.4 is 31.3 Å². The first-order chi connectivity index (χ1) is 39.6. The van der Waals surface area contributed by atoms with E-state index in [2.05, 4.69) is 259 Å². The van der Waals surface area contributed by atoms with E-state index in [9.17, 15) is 0 Å². The zero-order valence-corrected chi connectivity index (χ0v) is 53.1. The summed E-state index contributed by atoms with van der Waals surface area (Å²) in [4.78, 5) is 7.93. The molecule has 6 aliphatic rings. The van der Waals surface area contributed by atoms with Crippen LogP contribution in [0.25, 0.3) is 21.9 Å². The van der Waals surface area contributed by atoms with Gasteiger partial charge in [-0.3, -0.25) is 0 Å². The Morgan fingerprint density at radius 2 is 0.857 bits per heavy atom. The summed E-state index contributed by atoms with van der Waals surface area (Å²) in [5.41, 5.74) is 25.9. The molecule has 2 aromatic heterocycles. The minimum Gasteiger partial charge on any atom is -0.472 e. The van der Waals surface area contributed by atoms with Gasteiger partial charge in [0.25, 0.3) is 6.71 Å². The van der Waals surface area contributed by atoms with Crippen LogP contribution >= 0.6 is 0 Å². The zero-order valence-electron chi connectivity index (χ0n) is 53.1. The molecule has 0 unspecified atom stereocenters. The molecule has 0 bridgehead atoms. The van der Waals surface area contributed by atoms with Gasteiger partial charge >= 0.3 is 0 Å². The normalized spacial score (nSPS) is 20.9. The molecular formula is C78H86BN3O2. The van der Waals surface area contributed by atoms with Crippen molar-refractivity contribution in [2.45, 2.75) is 205 Å². The van der Waals surface area contributed by atoms with Gasteiger partial charge in [0.2, 0.25) is 0 Å². The summed E-state index contributed by atoms with van der Waals surface area (Å²) in [6.45, 7) is 39.4. The van der Waals surface area contributed by atoms with Gasteiger partial charge in [0.15, 0.2) is 0 Å². The Hall–Kier alpha value is -6.92. The third-order valence-electron chi connectivity index (χ3n) is 22.6. The quantitative estimate of drug-likeness (QED) is 0.161. The number of furan rings is 2. The van der Waals surface area contributed by atoms with Crippen molar-refractivity contribution in [3.8, 4) is 0 Å². The number of para-hydroxylation sites is 2. The summed E-state index contributed by atoms with van der Waals surface area (Å²) in [7, 11) is 0. The highest BCUT2D eigenvalue weighted by Gasteiger charge is 2.54. The van der Waals surface area contributed by atoms with Crippen molar-refractivity contribution in [3.05, 3.63) is 178 Å². The van der Waals surface area contributed by atoms with Crippen molar-refractivity contribution in [3.63, 3.8) is 0 Å². The van der Waals surface area contributed by atoms with Crippen LogP contribution in [0.15, 0.2) is 142 Å². The average molecular weight is 1110 g/mol. The highest BCUT2D eigenvalue weighted by Crippen LogP contribution is 2.59. The second-order valence-corrected chi connectivity index (χ2v) is 32.0. The van der Waals surface area contributed by atoms with E-state index in [1.165, 1.54) is 90.4 Å². The molecule has 428 valence electrons. The van der Waals surface area contributed by atoms with Gasteiger partial charge in [0.1, 0.15) is 16.9 Å². The van der Waals surface area contributed by atoms with Crippen LogP contribution in [-0.4, -0.2) is 6.71 Å². The molecule has 0 atom stereocenters. The van der Waals surface area contributed by atoms with Crippen LogP contribution in [0.4, 0.5) is 51.2 Å². The Balaban J connectivity index is 1.11. The molecule has 2 aliphatic heterocycles. The van der Waals surface area contributed by atoms with Crippen LogP contribution in [0.1, 0.15) is 207 Å². The number of benzene rings is 7. The lowest BCUT2D eigenvalue weighted by Gasteiger charge is -2.48. The minimum atomic E-state index is -0.192. The Labute approximate surface area is 500 Å². The Kier molecular flexibility index (Phi) is 11.1. The molecule has 6 heteroatoms. The largest absolute Gasteiger partial charge is 0.472 e. The second-order valence-electron chi connectivity index (χ2n) is 32.0. The number of anilines is 9. The van der Waals surface area contributed by atoms with Crippen LogP contribution in [-0.2, 0) is 43.3 Å². The maximum Gasteiger partial charge on any atom is 0.297 e. The van der Waals surface area contributed by atoms with E-state index in [0.717, 1.165) is 95.4 Å². The molecule has 5 nitrogen and oxygen atoms in total. The monoisotopic (exact) mass is 1110 g/mol. The number of fused-ring (bicyclic) bond motifs is 12. The maximum atomic E-state index is 8.03. The van der Waals surface area contributed by atoms with Crippen LogP contribution in [0.5, 0.6) is 0 Å². The third kappa shape index (κ3) is 7.72. The minimum absolute atomic E-state index is 0.00208. The first kappa shape index (κ1) is 53.8. The first-order valence-corrected chi connectivity index (χ1v) is 31.8. The Bertz CT molecular complexity index is 4250. The SMILES string of the molecule is CC1(C)CCC(C)(C)c2cc(N3c4cc5c(cc4B4c6oc7c(c6N(c6ccc8c(c6)C(C)(C)CCC8(C)C)c6cc(N(c8ccccc8)c8ccc9c(c8)oc8ccccc89)cc3c64)C(C)(C)CCC7(C)C)C(C)(C)CCC5(C)C)ccc21. The van der Waals surface area contributed by atoms with E-state index in [1.807, 2.05) is 0 Å². The number of hydrogen-bond donors (Lipinski definition) is 0. The Morgan fingerprint density at radius 1 is 0.369 bits per heavy atom. The van der Waals surface area contributed by atoms with Crippen LogP contribution in [0, 0.1) is 0 Å². The van der Waals surface area contributed by atoms with E-state index in [0.29, 0.717) is 0 Å². The van der Waals surface area contributed by atoms with Gasteiger partial charge in [-0.2, -0.15) is 0 Å². The van der Waals surface area contributed by atoms with Crippen molar-refractivity contribution >= 4 is 96.4 Å². The molecule has 0 fully saturated rings. The van der Waals surface area contributed by atoms with Crippen molar-refractivity contribution in [1.82, 2.24) is 0 Å². The van der Waals surface area contributed by atoms with Gasteiger partial charge in [-0.1, -0.05) is 165 Å². The van der Waals surface area contributed by atoms with Gasteiger partial charge < -0.3 is 23.5 Å². The van der Waals surface area contributed by atoms with Crippen molar-refractivity contribution in [2.75, 3.05) is 14.7 Å². The lowest BCUT2D eigenvalue weighted by Crippen LogP contribution is -2.61. The van der Waals surface area contributed by atoms with Gasteiger partial charge in [-0.25, -0.2) is 0 Å². The maximum absolute atomic E-state index is 8.03. The highest BCUT2D eigenvalue weighted by atomic mass is 16.3. The summed E-state index contributed by atoms with van der Waals surface area (Å²) in [5.74, 6) is 1.15. The van der Waals surface area contributed by atoms with E-state index in [-0.39, 0.29) is 50.0 Å². The van der Waals surface area contributed by atoms with Crippen molar-refractivity contribution < 1.29 is 8.83 Å². The fourth-order valence-electron chi connectivity index (χ4n) is 16.8. The van der Waals surface area contributed by atoms with E-state index < -0.39 is 0 Å². The average Bonchev–Trinajstić information content (AvgIpc) is 1.47. The highest BCUT2D eigenvalue weighted by molar-refractivity contribution is 6.99. The molecule has 4 heterocycles. The standard InChI is InChI=1S/C78H86BN3O2/c1-71(2)32-34-73(5,6)56-40-48(27-30-54(56)71)81-61-46-59-58(75(9,10)36-37-76(59,11)12)45-60(61)79-67-62(81)42-51(80(47-22-18-17-19-23-47)50-26-29-53-52-24-20-21-25-64(52)83-65(53)44-50)43-63(67)82(49-28-31-55-57(41-49)74(7,8)35-33-72(55,3)4)68-66-69(84-70(68)79)78(15,16)39-38-77(66,13)14/h17-31,40-46H,32-39H2,1-16H3. The van der Waals surface area contributed by atoms with Gasteiger partial charge in [-0.05, 0) is 206 Å². The van der Waals surface area contributed by atoms with Crippen molar-refractivity contribution in [1.29, 1.82) is 0 Å². The van der Waals surface area contributed by atoms with Crippen molar-refractivity contribution in [2.24, 2.45) is 0 Å². The second kappa shape index (κ2) is 17.4. The molecule has 0 amide bonds. The first-order valence-electron chi connectivity index (χ1n) is 31.8. The molecule has 9 aromatic rings. The molecule has 0 N–H and O–H groups in total. The fraction of sp³-hybridized carbons (Fsp3) is 0.410. The van der Waals surface area contributed by atoms with Gasteiger partial charge in [0.05, 0.1) is 17.0 Å². The predicted molar refractivity (Wildman–Crippen MR) is 356 cm³/mol. The molecule has 0 spiro atoms. The van der Waals surface area contributed by atoms with E-state index >= 15 is 0 Å². The predicted octanol–water partition coefficient (Wildman–Crippen LogP) is 20.1. The van der Waals surface area contributed by atoms with Gasteiger partial charge in [0, 0.05) is 67.6 Å². The molecule has 0 saturated heterocycles. The molecule has 84 heavy (non-hydrogen) atoms. The fourth-order valence-corrected chi connectivity index (χ4v) is 16.8. The zero-order chi connectivity index (χ0) is 58.8. The topological polar surface area (TPSA) is 36.0 Å². The van der Waals surface area contributed by atoms with E-state index in [1.54, 1.807) is 0 Å². The summed E-state index contributed by atoms with van der Waals surface area (Å²) >= 11 is 0. The number of hydrogen-bond acceptors (Lipinski definition) is 5. The molecule has 0 radical (unpaired) electrons.